The van der Waals surface area contributed by atoms with Crippen molar-refractivity contribution in [1.29, 1.82) is 0 Å². The van der Waals surface area contributed by atoms with Crippen molar-refractivity contribution in [2.24, 2.45) is 0 Å². The highest BCUT2D eigenvalue weighted by atomic mass is 32.1. The SMILES string of the molecule is COc1ccc(CN2CCCC2CC(O)c2cccs2)nn1. The highest BCUT2D eigenvalue weighted by Crippen LogP contribution is 2.30. The molecule has 3 heterocycles. The molecule has 1 aliphatic rings. The zero-order valence-electron chi connectivity index (χ0n) is 12.7. The standard InChI is InChI=1S/C16H21N3O2S/c1-21-16-7-6-12(17-18-16)11-19-8-2-4-13(19)10-14(20)15-5-3-9-22-15/h3,5-7,9,13-14,20H,2,4,8,10-11H2,1H3. The zero-order valence-corrected chi connectivity index (χ0v) is 13.5. The van der Waals surface area contributed by atoms with Gasteiger partial charge in [0, 0.05) is 23.5 Å². The first-order valence-corrected chi connectivity index (χ1v) is 8.46. The van der Waals surface area contributed by atoms with E-state index in [1.807, 2.05) is 29.6 Å². The van der Waals surface area contributed by atoms with Crippen LogP contribution in [0.25, 0.3) is 0 Å². The van der Waals surface area contributed by atoms with Crippen LogP contribution >= 0.6 is 11.3 Å². The Morgan fingerprint density at radius 2 is 2.32 bits per heavy atom. The summed E-state index contributed by atoms with van der Waals surface area (Å²) in [5.41, 5.74) is 0.943. The Kier molecular flexibility index (Phi) is 5.02. The molecule has 0 spiro atoms. The maximum Gasteiger partial charge on any atom is 0.233 e. The number of methoxy groups -OCH3 is 1. The Morgan fingerprint density at radius 1 is 1.41 bits per heavy atom. The number of likely N-dealkylation sites (tertiary alicyclic amines) is 1. The zero-order chi connectivity index (χ0) is 15.4. The highest BCUT2D eigenvalue weighted by molar-refractivity contribution is 7.10. The average Bonchev–Trinajstić information content (AvgIpc) is 3.20. The number of nitrogens with zero attached hydrogens (tertiary/aromatic N) is 3. The van der Waals surface area contributed by atoms with Gasteiger partial charge >= 0.3 is 0 Å². The molecule has 2 aromatic heterocycles. The van der Waals surface area contributed by atoms with Crippen LogP contribution in [-0.2, 0) is 6.54 Å². The van der Waals surface area contributed by atoms with Crippen molar-refractivity contribution < 1.29 is 9.84 Å². The van der Waals surface area contributed by atoms with Crippen molar-refractivity contribution in [3.05, 3.63) is 40.2 Å². The Hall–Kier alpha value is -1.50. The summed E-state index contributed by atoms with van der Waals surface area (Å²) < 4.78 is 5.04. The second-order valence-electron chi connectivity index (χ2n) is 5.60. The molecule has 0 radical (unpaired) electrons. The minimum atomic E-state index is -0.368. The van der Waals surface area contributed by atoms with E-state index in [2.05, 4.69) is 15.1 Å². The van der Waals surface area contributed by atoms with Crippen molar-refractivity contribution in [2.45, 2.75) is 38.0 Å². The molecule has 1 N–H and O–H groups in total. The summed E-state index contributed by atoms with van der Waals surface area (Å²) in [4.78, 5) is 3.45. The smallest absolute Gasteiger partial charge is 0.233 e. The molecule has 5 nitrogen and oxygen atoms in total. The van der Waals surface area contributed by atoms with Gasteiger partial charge in [0.15, 0.2) is 0 Å². The van der Waals surface area contributed by atoms with E-state index >= 15 is 0 Å². The Bertz CT molecular complexity index is 574. The van der Waals surface area contributed by atoms with Crippen molar-refractivity contribution in [3.63, 3.8) is 0 Å². The average molecular weight is 319 g/mol. The molecule has 6 heteroatoms. The summed E-state index contributed by atoms with van der Waals surface area (Å²) >= 11 is 1.62. The van der Waals surface area contributed by atoms with Crippen LogP contribution in [0.3, 0.4) is 0 Å². The van der Waals surface area contributed by atoms with E-state index in [1.165, 1.54) is 6.42 Å². The van der Waals surface area contributed by atoms with Gasteiger partial charge in [-0.1, -0.05) is 6.07 Å². The molecule has 0 aromatic carbocycles. The first-order chi connectivity index (χ1) is 10.8. The molecule has 0 amide bonds. The molecular weight excluding hydrogens is 298 g/mol. The van der Waals surface area contributed by atoms with E-state index in [4.69, 9.17) is 4.74 Å². The normalized spacial score (nSPS) is 20.2. The quantitative estimate of drug-likeness (QED) is 0.887. The minimum Gasteiger partial charge on any atom is -0.480 e. The van der Waals surface area contributed by atoms with Crippen LogP contribution in [0.5, 0.6) is 5.88 Å². The predicted octanol–water partition coefficient (Wildman–Crippen LogP) is 2.63. The molecule has 1 aliphatic heterocycles. The molecular formula is C16H21N3O2S. The van der Waals surface area contributed by atoms with Gasteiger partial charge < -0.3 is 9.84 Å². The molecule has 1 fully saturated rings. The molecule has 2 unspecified atom stereocenters. The molecule has 0 aliphatic carbocycles. The van der Waals surface area contributed by atoms with Crippen LogP contribution in [-0.4, -0.2) is 39.9 Å². The van der Waals surface area contributed by atoms with E-state index in [1.54, 1.807) is 18.4 Å². The van der Waals surface area contributed by atoms with Crippen LogP contribution in [0.15, 0.2) is 29.6 Å². The summed E-state index contributed by atoms with van der Waals surface area (Å²) in [5, 5.41) is 20.6. The van der Waals surface area contributed by atoms with E-state index in [0.717, 1.165) is 36.5 Å². The van der Waals surface area contributed by atoms with Crippen LogP contribution in [0.2, 0.25) is 0 Å². The molecule has 2 atom stereocenters. The van der Waals surface area contributed by atoms with Crippen LogP contribution in [0.4, 0.5) is 0 Å². The fraction of sp³-hybridized carbons (Fsp3) is 0.500. The third-order valence-electron chi connectivity index (χ3n) is 4.14. The second-order valence-corrected chi connectivity index (χ2v) is 6.58. The topological polar surface area (TPSA) is 58.5 Å². The number of aliphatic hydroxyl groups is 1. The summed E-state index contributed by atoms with van der Waals surface area (Å²) in [7, 11) is 1.59. The van der Waals surface area contributed by atoms with Crippen molar-refractivity contribution in [3.8, 4) is 5.88 Å². The molecule has 3 rings (SSSR count). The Morgan fingerprint density at radius 3 is 3.00 bits per heavy atom. The van der Waals surface area contributed by atoms with Crippen LogP contribution in [0, 0.1) is 0 Å². The molecule has 118 valence electrons. The van der Waals surface area contributed by atoms with E-state index in [-0.39, 0.29) is 6.10 Å². The van der Waals surface area contributed by atoms with Crippen LogP contribution in [0.1, 0.15) is 35.9 Å². The predicted molar refractivity (Wildman–Crippen MR) is 85.9 cm³/mol. The lowest BCUT2D eigenvalue weighted by molar-refractivity contribution is 0.120. The van der Waals surface area contributed by atoms with Gasteiger partial charge in [-0.15, -0.1) is 16.4 Å². The van der Waals surface area contributed by atoms with E-state index in [0.29, 0.717) is 11.9 Å². The molecule has 2 aromatic rings. The maximum absolute atomic E-state index is 10.4. The summed E-state index contributed by atoms with van der Waals surface area (Å²) in [5.74, 6) is 0.537. The first-order valence-electron chi connectivity index (χ1n) is 7.58. The highest BCUT2D eigenvalue weighted by Gasteiger charge is 2.27. The van der Waals surface area contributed by atoms with Gasteiger partial charge in [-0.05, 0) is 43.3 Å². The number of aromatic nitrogens is 2. The van der Waals surface area contributed by atoms with Gasteiger partial charge in [-0.2, -0.15) is 5.10 Å². The van der Waals surface area contributed by atoms with Crippen molar-refractivity contribution >= 4 is 11.3 Å². The van der Waals surface area contributed by atoms with Gasteiger partial charge in [0.1, 0.15) is 0 Å². The molecule has 1 saturated heterocycles. The van der Waals surface area contributed by atoms with Crippen molar-refractivity contribution in [1.82, 2.24) is 15.1 Å². The summed E-state index contributed by atoms with van der Waals surface area (Å²) in [6, 6.07) is 8.19. The number of rotatable bonds is 6. The van der Waals surface area contributed by atoms with Gasteiger partial charge in [0.25, 0.3) is 0 Å². The molecule has 0 bridgehead atoms. The largest absolute Gasteiger partial charge is 0.480 e. The summed E-state index contributed by atoms with van der Waals surface area (Å²) in [6.07, 6.45) is 2.72. The van der Waals surface area contributed by atoms with Crippen molar-refractivity contribution in [2.75, 3.05) is 13.7 Å². The van der Waals surface area contributed by atoms with E-state index < -0.39 is 0 Å². The van der Waals surface area contributed by atoms with Gasteiger partial charge in [0.05, 0.1) is 18.9 Å². The van der Waals surface area contributed by atoms with Crippen LogP contribution < -0.4 is 4.74 Å². The number of ether oxygens (including phenoxy) is 1. The maximum atomic E-state index is 10.4. The van der Waals surface area contributed by atoms with Gasteiger partial charge in [-0.3, -0.25) is 4.90 Å². The number of hydrogen-bond acceptors (Lipinski definition) is 6. The fourth-order valence-corrected chi connectivity index (χ4v) is 3.70. The Balaban J connectivity index is 1.60. The van der Waals surface area contributed by atoms with Gasteiger partial charge in [-0.25, -0.2) is 0 Å². The lowest BCUT2D eigenvalue weighted by atomic mass is 10.1. The summed E-state index contributed by atoms with van der Waals surface area (Å²) in [6.45, 7) is 1.83. The van der Waals surface area contributed by atoms with Gasteiger partial charge in [0.2, 0.25) is 5.88 Å². The minimum absolute atomic E-state index is 0.368. The van der Waals surface area contributed by atoms with E-state index in [9.17, 15) is 5.11 Å². The molecule has 0 saturated carbocycles. The number of thiophene rings is 1. The number of hydrogen-bond donors (Lipinski definition) is 1. The first kappa shape index (κ1) is 15.4. The fourth-order valence-electron chi connectivity index (χ4n) is 2.97. The monoisotopic (exact) mass is 319 g/mol. The lowest BCUT2D eigenvalue weighted by Crippen LogP contribution is -2.30. The third-order valence-corrected chi connectivity index (χ3v) is 5.11. The molecule has 22 heavy (non-hydrogen) atoms. The second kappa shape index (κ2) is 7.17. The Labute approximate surface area is 134 Å². The number of aliphatic hydroxyl groups excluding tert-OH is 1. The third kappa shape index (κ3) is 3.63. The lowest BCUT2D eigenvalue weighted by Gasteiger charge is -2.25.